The number of carbonyl (C=O) groups excluding carboxylic acids is 1. The molecule has 0 saturated heterocycles. The molecule has 1 rings (SSSR count). The van der Waals surface area contributed by atoms with Crippen LogP contribution in [0.25, 0.3) is 0 Å². The first-order chi connectivity index (χ1) is 7.19. The Bertz CT molecular complexity index is 329. The van der Waals surface area contributed by atoms with Crippen LogP contribution in [-0.4, -0.2) is 17.3 Å². The predicted octanol–water partition coefficient (Wildman–Crippen LogP) is 3.69. The van der Waals surface area contributed by atoms with E-state index in [-0.39, 0.29) is 11.9 Å². The molecule has 5 heteroatoms. The van der Waals surface area contributed by atoms with Gasteiger partial charge in [0.2, 0.25) is 0 Å². The van der Waals surface area contributed by atoms with Gasteiger partial charge >= 0.3 is 0 Å². The fraction of sp³-hybridized carbons (Fsp3) is 0.500. The molecule has 0 aromatic carbocycles. The van der Waals surface area contributed by atoms with E-state index >= 15 is 0 Å². The highest BCUT2D eigenvalue weighted by Gasteiger charge is 2.15. The highest BCUT2D eigenvalue weighted by Crippen LogP contribution is 2.22. The quantitative estimate of drug-likeness (QED) is 0.826. The van der Waals surface area contributed by atoms with Crippen molar-refractivity contribution in [3.05, 3.63) is 21.3 Å². The third-order valence-electron chi connectivity index (χ3n) is 2.11. The fourth-order valence-corrected chi connectivity index (χ4v) is 2.81. The molecule has 84 valence electrons. The molecule has 1 aromatic heterocycles. The fourth-order valence-electron chi connectivity index (χ4n) is 1.22. The summed E-state index contributed by atoms with van der Waals surface area (Å²) in [5, 5.41) is 6.22. The average Bonchev–Trinajstić information content (AvgIpc) is 2.63. The standard InChI is InChI=1S/C10H13BrClNOS/c1-2-7(3-5-11)13-10(14)9-8(12)4-6-15-9/h4,6-7H,2-3,5H2,1H3,(H,13,14). The minimum absolute atomic E-state index is 0.0669. The summed E-state index contributed by atoms with van der Waals surface area (Å²) >= 11 is 10.6. The summed E-state index contributed by atoms with van der Waals surface area (Å²) in [6, 6.07) is 1.96. The van der Waals surface area contributed by atoms with Crippen LogP contribution in [0.5, 0.6) is 0 Å². The second kappa shape index (κ2) is 6.51. The number of halogens is 2. The summed E-state index contributed by atoms with van der Waals surface area (Å²) in [7, 11) is 0. The third-order valence-corrected chi connectivity index (χ3v) is 3.91. The Labute approximate surface area is 107 Å². The van der Waals surface area contributed by atoms with E-state index in [4.69, 9.17) is 11.6 Å². The smallest absolute Gasteiger partial charge is 0.263 e. The molecule has 1 heterocycles. The van der Waals surface area contributed by atoms with Crippen LogP contribution in [-0.2, 0) is 0 Å². The second-order valence-electron chi connectivity index (χ2n) is 3.15. The molecule has 0 aliphatic heterocycles. The Morgan fingerprint density at radius 3 is 2.93 bits per heavy atom. The minimum atomic E-state index is -0.0669. The van der Waals surface area contributed by atoms with Crippen molar-refractivity contribution in [2.75, 3.05) is 5.33 Å². The number of thiophene rings is 1. The van der Waals surface area contributed by atoms with Gasteiger partial charge in [-0.2, -0.15) is 0 Å². The first kappa shape index (κ1) is 13.0. The van der Waals surface area contributed by atoms with Crippen LogP contribution in [0.15, 0.2) is 11.4 Å². The van der Waals surface area contributed by atoms with Gasteiger partial charge in [0.1, 0.15) is 4.88 Å². The number of hydrogen-bond acceptors (Lipinski definition) is 2. The van der Waals surface area contributed by atoms with Crippen molar-refractivity contribution in [3.63, 3.8) is 0 Å². The lowest BCUT2D eigenvalue weighted by molar-refractivity contribution is 0.0939. The number of carbonyl (C=O) groups is 1. The van der Waals surface area contributed by atoms with Crippen LogP contribution in [0.1, 0.15) is 29.4 Å². The molecule has 2 nitrogen and oxygen atoms in total. The zero-order valence-electron chi connectivity index (χ0n) is 8.43. The maximum Gasteiger partial charge on any atom is 0.263 e. The van der Waals surface area contributed by atoms with Crippen LogP contribution in [0, 0.1) is 0 Å². The van der Waals surface area contributed by atoms with E-state index in [1.165, 1.54) is 11.3 Å². The lowest BCUT2D eigenvalue weighted by atomic mass is 10.2. The van der Waals surface area contributed by atoms with Crippen molar-refractivity contribution in [2.24, 2.45) is 0 Å². The summed E-state index contributed by atoms with van der Waals surface area (Å²) in [5.74, 6) is -0.0669. The van der Waals surface area contributed by atoms with Crippen LogP contribution in [0.4, 0.5) is 0 Å². The van der Waals surface area contributed by atoms with Gasteiger partial charge in [0.15, 0.2) is 0 Å². The van der Waals surface area contributed by atoms with Gasteiger partial charge in [-0.15, -0.1) is 11.3 Å². The first-order valence-electron chi connectivity index (χ1n) is 4.78. The number of hydrogen-bond donors (Lipinski definition) is 1. The number of alkyl halides is 1. The highest BCUT2D eigenvalue weighted by atomic mass is 79.9. The van der Waals surface area contributed by atoms with Crippen LogP contribution in [0.2, 0.25) is 5.02 Å². The summed E-state index contributed by atoms with van der Waals surface area (Å²) in [5.41, 5.74) is 0. The van der Waals surface area contributed by atoms with Crippen molar-refractivity contribution in [2.45, 2.75) is 25.8 Å². The van der Waals surface area contributed by atoms with Crippen molar-refractivity contribution < 1.29 is 4.79 Å². The van der Waals surface area contributed by atoms with Gasteiger partial charge in [-0.25, -0.2) is 0 Å². The van der Waals surface area contributed by atoms with E-state index in [2.05, 4.69) is 28.2 Å². The Kier molecular flexibility index (Phi) is 5.64. The largest absolute Gasteiger partial charge is 0.349 e. The normalized spacial score (nSPS) is 12.5. The molecule has 1 N–H and O–H groups in total. The lowest BCUT2D eigenvalue weighted by Crippen LogP contribution is -2.34. The van der Waals surface area contributed by atoms with Crippen molar-refractivity contribution in [3.8, 4) is 0 Å². The van der Waals surface area contributed by atoms with Gasteiger partial charge in [-0.1, -0.05) is 34.5 Å². The molecule has 0 bridgehead atoms. The molecule has 1 unspecified atom stereocenters. The summed E-state index contributed by atoms with van der Waals surface area (Å²) in [6.45, 7) is 2.06. The molecular formula is C10H13BrClNOS. The molecule has 0 spiro atoms. The molecule has 1 aromatic rings. The average molecular weight is 311 g/mol. The number of rotatable bonds is 5. The maximum atomic E-state index is 11.8. The first-order valence-corrected chi connectivity index (χ1v) is 7.16. The predicted molar refractivity (Wildman–Crippen MR) is 69.3 cm³/mol. The van der Waals surface area contributed by atoms with E-state index < -0.39 is 0 Å². The Balaban J connectivity index is 2.58. The number of nitrogens with one attached hydrogen (secondary N) is 1. The highest BCUT2D eigenvalue weighted by molar-refractivity contribution is 9.09. The molecular weight excluding hydrogens is 298 g/mol. The molecule has 0 radical (unpaired) electrons. The zero-order chi connectivity index (χ0) is 11.3. The van der Waals surface area contributed by atoms with Crippen LogP contribution < -0.4 is 5.32 Å². The van der Waals surface area contributed by atoms with E-state index in [1.807, 2.05) is 5.38 Å². The molecule has 0 fully saturated rings. The van der Waals surface area contributed by atoms with Gasteiger partial charge in [0.25, 0.3) is 5.91 Å². The minimum Gasteiger partial charge on any atom is -0.349 e. The molecule has 0 aliphatic rings. The summed E-state index contributed by atoms with van der Waals surface area (Å²) in [6.07, 6.45) is 1.87. The third kappa shape index (κ3) is 3.78. The van der Waals surface area contributed by atoms with Gasteiger partial charge in [0.05, 0.1) is 5.02 Å². The number of amides is 1. The van der Waals surface area contributed by atoms with E-state index in [1.54, 1.807) is 6.07 Å². The monoisotopic (exact) mass is 309 g/mol. The zero-order valence-corrected chi connectivity index (χ0v) is 11.6. The van der Waals surface area contributed by atoms with Gasteiger partial charge in [-0.05, 0) is 24.3 Å². The lowest BCUT2D eigenvalue weighted by Gasteiger charge is -2.14. The van der Waals surface area contributed by atoms with Crippen LogP contribution >= 0.6 is 38.9 Å². The molecule has 0 aliphatic carbocycles. The van der Waals surface area contributed by atoms with Crippen LogP contribution in [0.3, 0.4) is 0 Å². The second-order valence-corrected chi connectivity index (χ2v) is 5.27. The topological polar surface area (TPSA) is 29.1 Å². The van der Waals surface area contributed by atoms with E-state index in [0.717, 1.165) is 18.2 Å². The van der Waals surface area contributed by atoms with Gasteiger partial charge in [0, 0.05) is 11.4 Å². The Hall–Kier alpha value is -0.0600. The van der Waals surface area contributed by atoms with Crippen molar-refractivity contribution in [1.29, 1.82) is 0 Å². The SMILES string of the molecule is CCC(CCBr)NC(=O)c1sccc1Cl. The van der Waals surface area contributed by atoms with Gasteiger partial charge < -0.3 is 5.32 Å². The van der Waals surface area contributed by atoms with Crippen molar-refractivity contribution >= 4 is 44.8 Å². The van der Waals surface area contributed by atoms with E-state index in [9.17, 15) is 4.79 Å². The molecule has 15 heavy (non-hydrogen) atoms. The molecule has 1 amide bonds. The summed E-state index contributed by atoms with van der Waals surface area (Å²) < 4.78 is 0. The Morgan fingerprint density at radius 1 is 1.73 bits per heavy atom. The van der Waals surface area contributed by atoms with E-state index in [0.29, 0.717) is 9.90 Å². The maximum absolute atomic E-state index is 11.8. The summed E-state index contributed by atoms with van der Waals surface area (Å²) in [4.78, 5) is 12.4. The molecule has 1 atom stereocenters. The van der Waals surface area contributed by atoms with Crippen molar-refractivity contribution in [1.82, 2.24) is 5.32 Å². The van der Waals surface area contributed by atoms with Gasteiger partial charge in [-0.3, -0.25) is 4.79 Å². The molecule has 0 saturated carbocycles. The Morgan fingerprint density at radius 2 is 2.47 bits per heavy atom.